The second-order valence-corrected chi connectivity index (χ2v) is 2.66. The van der Waals surface area contributed by atoms with Crippen LogP contribution in [0.1, 0.15) is 19.8 Å². The zero-order valence-electron chi connectivity index (χ0n) is 4.48. The SMILES string of the molecule is CCCC[SH](=N)=O. The molecule has 0 heterocycles. The van der Waals surface area contributed by atoms with Gasteiger partial charge in [0.15, 0.2) is 0 Å². The van der Waals surface area contributed by atoms with Gasteiger partial charge in [-0.2, -0.15) is 0 Å². The normalized spacial score (nSPS) is 13.9. The molecule has 0 aliphatic rings. The molecule has 0 saturated heterocycles. The molecule has 1 N–H and O–H groups in total. The van der Waals surface area contributed by atoms with Gasteiger partial charge in [0.1, 0.15) is 0 Å². The fourth-order valence-electron chi connectivity index (χ4n) is 0.302. The largest absolute Gasteiger partial charge is 0.255 e. The Hall–Kier alpha value is -0.0500. The average Bonchev–Trinajstić information content (AvgIpc) is 1.61. The third-order valence-electron chi connectivity index (χ3n) is 0.715. The predicted octanol–water partition coefficient (Wildman–Crippen LogP) is 1.03. The predicted molar refractivity (Wildman–Crippen MR) is 32.0 cm³/mol. The van der Waals surface area contributed by atoms with Crippen LogP contribution in [-0.4, -0.2) is 9.96 Å². The zero-order valence-corrected chi connectivity index (χ0v) is 5.37. The van der Waals surface area contributed by atoms with Crippen molar-refractivity contribution < 1.29 is 4.21 Å². The first-order chi connectivity index (χ1) is 3.27. The zero-order chi connectivity index (χ0) is 5.70. The van der Waals surface area contributed by atoms with Gasteiger partial charge in [0.05, 0.1) is 0 Å². The van der Waals surface area contributed by atoms with E-state index in [1.54, 1.807) is 0 Å². The van der Waals surface area contributed by atoms with Crippen LogP contribution in [0.3, 0.4) is 0 Å². The molecule has 1 unspecified atom stereocenters. The van der Waals surface area contributed by atoms with Crippen LogP contribution in [0.25, 0.3) is 0 Å². The second kappa shape index (κ2) is 4.12. The summed E-state index contributed by atoms with van der Waals surface area (Å²) in [6, 6.07) is 0. The highest BCUT2D eigenvalue weighted by Gasteiger charge is 1.78. The molecular formula is C4H11NOS. The monoisotopic (exact) mass is 121 g/mol. The number of nitrogens with one attached hydrogen (secondary N) is 1. The molecule has 0 aromatic heterocycles. The molecule has 0 radical (unpaired) electrons. The second-order valence-electron chi connectivity index (χ2n) is 1.46. The third kappa shape index (κ3) is 5.95. The maximum atomic E-state index is 10.0. The number of unbranched alkanes of at least 4 members (excludes halogenated alkanes) is 1. The fourth-order valence-corrected chi connectivity index (χ4v) is 0.905. The summed E-state index contributed by atoms with van der Waals surface area (Å²) in [7, 11) is -1.61. The molecule has 2 nitrogen and oxygen atoms in total. The first kappa shape index (κ1) is 6.95. The van der Waals surface area contributed by atoms with Crippen molar-refractivity contribution in [1.29, 1.82) is 4.78 Å². The molecule has 1 atom stereocenters. The Labute approximate surface area is 45.9 Å². The van der Waals surface area contributed by atoms with Gasteiger partial charge in [-0.3, -0.25) is 8.99 Å². The summed E-state index contributed by atoms with van der Waals surface area (Å²) >= 11 is 0. The van der Waals surface area contributed by atoms with Crippen molar-refractivity contribution in [3.8, 4) is 0 Å². The Morgan fingerprint density at radius 3 is 2.43 bits per heavy atom. The van der Waals surface area contributed by atoms with Crippen LogP contribution in [0.4, 0.5) is 0 Å². The highest BCUT2D eigenvalue weighted by Crippen LogP contribution is 1.84. The maximum absolute atomic E-state index is 10.0. The highest BCUT2D eigenvalue weighted by molar-refractivity contribution is 7.73. The van der Waals surface area contributed by atoms with E-state index < -0.39 is 10.6 Å². The van der Waals surface area contributed by atoms with Crippen molar-refractivity contribution in [1.82, 2.24) is 0 Å². The van der Waals surface area contributed by atoms with E-state index in [4.69, 9.17) is 4.78 Å². The smallest absolute Gasteiger partial charge is 0.0330 e. The summed E-state index contributed by atoms with van der Waals surface area (Å²) in [4.78, 5) is 0. The molecule has 0 aliphatic heterocycles. The van der Waals surface area contributed by atoms with Crippen LogP contribution < -0.4 is 0 Å². The van der Waals surface area contributed by atoms with Gasteiger partial charge in [-0.05, 0) is 6.42 Å². The van der Waals surface area contributed by atoms with Gasteiger partial charge in [-0.1, -0.05) is 13.3 Å². The quantitative estimate of drug-likeness (QED) is 0.538. The molecule has 0 aromatic rings. The lowest BCUT2D eigenvalue weighted by Gasteiger charge is -1.83. The Morgan fingerprint density at radius 2 is 2.29 bits per heavy atom. The first-order valence-corrected chi connectivity index (χ1v) is 3.87. The summed E-state index contributed by atoms with van der Waals surface area (Å²) in [5.41, 5.74) is 0. The van der Waals surface area contributed by atoms with Gasteiger partial charge in [-0.15, -0.1) is 0 Å². The summed E-state index contributed by atoms with van der Waals surface area (Å²) in [6.45, 7) is 2.03. The van der Waals surface area contributed by atoms with Crippen LogP contribution in [-0.2, 0) is 10.6 Å². The standard InChI is InChI=1S/C4H11NOS/c1-2-3-4-7(5)6/h5,7H,2-4H2,1H3. The van der Waals surface area contributed by atoms with E-state index in [0.717, 1.165) is 12.8 Å². The number of hydrogen-bond acceptors (Lipinski definition) is 2. The van der Waals surface area contributed by atoms with Crippen molar-refractivity contribution in [2.45, 2.75) is 19.8 Å². The molecular weight excluding hydrogens is 110 g/mol. The van der Waals surface area contributed by atoms with Crippen LogP contribution in [0.15, 0.2) is 0 Å². The number of hydrogen-bond donors (Lipinski definition) is 2. The Bertz CT molecular complexity index is 89.9. The molecule has 44 valence electrons. The van der Waals surface area contributed by atoms with Crippen LogP contribution in [0.5, 0.6) is 0 Å². The molecule has 0 aliphatic carbocycles. The molecule has 0 rings (SSSR count). The molecule has 0 aromatic carbocycles. The Kier molecular flexibility index (Phi) is 4.09. The van der Waals surface area contributed by atoms with E-state index in [0.29, 0.717) is 5.75 Å². The lowest BCUT2D eigenvalue weighted by atomic mass is 10.4. The summed E-state index contributed by atoms with van der Waals surface area (Å²) < 4.78 is 16.6. The topological polar surface area (TPSA) is 40.9 Å². The highest BCUT2D eigenvalue weighted by atomic mass is 32.2. The van der Waals surface area contributed by atoms with Crippen molar-refractivity contribution in [3.05, 3.63) is 0 Å². The van der Waals surface area contributed by atoms with E-state index in [-0.39, 0.29) is 0 Å². The van der Waals surface area contributed by atoms with Crippen LogP contribution >= 0.6 is 0 Å². The summed E-state index contributed by atoms with van der Waals surface area (Å²) in [5, 5.41) is 0. The van der Waals surface area contributed by atoms with Gasteiger partial charge in [-0.25, -0.2) is 0 Å². The average molecular weight is 121 g/mol. The van der Waals surface area contributed by atoms with Crippen molar-refractivity contribution in [2.24, 2.45) is 0 Å². The molecule has 7 heavy (non-hydrogen) atoms. The molecule has 0 fully saturated rings. The van der Waals surface area contributed by atoms with Crippen molar-refractivity contribution in [2.75, 3.05) is 5.75 Å². The number of thiol groups is 1. The van der Waals surface area contributed by atoms with Gasteiger partial charge < -0.3 is 0 Å². The Balaban J connectivity index is 2.98. The lowest BCUT2D eigenvalue weighted by molar-refractivity contribution is 0.684. The third-order valence-corrected chi connectivity index (χ3v) is 1.44. The van der Waals surface area contributed by atoms with E-state index in [1.807, 2.05) is 6.92 Å². The van der Waals surface area contributed by atoms with Gasteiger partial charge >= 0.3 is 0 Å². The first-order valence-electron chi connectivity index (χ1n) is 2.43. The van der Waals surface area contributed by atoms with E-state index in [2.05, 4.69) is 0 Å². The Morgan fingerprint density at radius 1 is 1.71 bits per heavy atom. The van der Waals surface area contributed by atoms with Gasteiger partial charge in [0, 0.05) is 16.3 Å². The number of rotatable bonds is 3. The van der Waals surface area contributed by atoms with Gasteiger partial charge in [0.25, 0.3) is 0 Å². The molecule has 0 bridgehead atoms. The van der Waals surface area contributed by atoms with Crippen LogP contribution in [0, 0.1) is 4.78 Å². The minimum atomic E-state index is -1.61. The van der Waals surface area contributed by atoms with Crippen molar-refractivity contribution >= 4 is 10.6 Å². The molecule has 0 amide bonds. The van der Waals surface area contributed by atoms with Gasteiger partial charge in [0.2, 0.25) is 0 Å². The van der Waals surface area contributed by atoms with E-state index >= 15 is 0 Å². The molecule has 0 saturated carbocycles. The van der Waals surface area contributed by atoms with E-state index in [1.165, 1.54) is 0 Å². The van der Waals surface area contributed by atoms with Crippen LogP contribution in [0.2, 0.25) is 0 Å². The summed E-state index contributed by atoms with van der Waals surface area (Å²) in [6.07, 6.45) is 1.97. The van der Waals surface area contributed by atoms with E-state index in [9.17, 15) is 4.21 Å². The molecule has 0 spiro atoms. The minimum Gasteiger partial charge on any atom is -0.255 e. The maximum Gasteiger partial charge on any atom is 0.0330 e. The minimum absolute atomic E-state index is 0.575. The fraction of sp³-hybridized carbons (Fsp3) is 1.00. The summed E-state index contributed by atoms with van der Waals surface area (Å²) in [5.74, 6) is 0.575. The van der Waals surface area contributed by atoms with Crippen molar-refractivity contribution in [3.63, 3.8) is 0 Å². The molecule has 3 heteroatoms. The lowest BCUT2D eigenvalue weighted by Crippen LogP contribution is -1.81.